The van der Waals surface area contributed by atoms with Gasteiger partial charge >= 0.3 is 0 Å². The zero-order chi connectivity index (χ0) is 57.6. The number of hydrogen-bond acceptors (Lipinski definition) is 6. The normalized spacial score (nSPS) is 23.2. The molecule has 0 saturated heterocycles. The zero-order valence-corrected chi connectivity index (χ0v) is 47.2. The van der Waals surface area contributed by atoms with Gasteiger partial charge in [-0.15, -0.1) is 0 Å². The average Bonchev–Trinajstić information content (AvgIpc) is 1.08. The summed E-state index contributed by atoms with van der Waals surface area (Å²) in [5.41, 5.74) is 7.11. The largest absolute Gasteiger partial charge is 0.357 e. The number of ether oxygens (including phenoxy) is 6. The molecule has 9 aromatic carbocycles. The maximum Gasteiger partial charge on any atom is 0.180 e. The third-order valence-corrected chi connectivity index (χ3v) is 16.9. The fourth-order valence-electron chi connectivity index (χ4n) is 12.8. The van der Waals surface area contributed by atoms with Gasteiger partial charge in [0.15, 0.2) is 33.6 Å². The summed E-state index contributed by atoms with van der Waals surface area (Å²) < 4.78 is 40.0. The van der Waals surface area contributed by atoms with E-state index in [1.165, 1.54) is 0 Å². The summed E-state index contributed by atoms with van der Waals surface area (Å²) >= 11 is 0. The van der Waals surface area contributed by atoms with Crippen molar-refractivity contribution in [3.05, 3.63) is 319 Å². The van der Waals surface area contributed by atoms with E-state index in [1.807, 2.05) is 218 Å². The van der Waals surface area contributed by atoms with Crippen LogP contribution in [0.25, 0.3) is 0 Å². The molecule has 0 amide bonds. The number of methoxy groups -OCH3 is 6. The van der Waals surface area contributed by atoms with Crippen LogP contribution in [-0.4, -0.2) is 42.7 Å². The van der Waals surface area contributed by atoms with E-state index < -0.39 is 33.6 Å². The first-order valence-electron chi connectivity index (χ1n) is 27.6. The first-order chi connectivity index (χ1) is 41.2. The first kappa shape index (κ1) is 53.4. The van der Waals surface area contributed by atoms with E-state index in [2.05, 4.69) is 71.0 Å². The monoisotopic (exact) mass is 1090 g/mol. The first-order valence-corrected chi connectivity index (χ1v) is 27.6. The van der Waals surface area contributed by atoms with E-state index in [0.717, 1.165) is 89.0 Å². The van der Waals surface area contributed by atoms with Gasteiger partial charge in [0.05, 0.1) is 0 Å². The highest BCUT2D eigenvalue weighted by molar-refractivity contribution is 5.70. The van der Waals surface area contributed by atoms with Crippen LogP contribution in [-0.2, 0) is 62.0 Å². The van der Waals surface area contributed by atoms with Gasteiger partial charge in [0.1, 0.15) is 0 Å². The van der Waals surface area contributed by atoms with E-state index in [9.17, 15) is 0 Å². The maximum absolute atomic E-state index is 6.71. The molecule has 84 heavy (non-hydrogen) atoms. The second kappa shape index (κ2) is 21.1. The Bertz CT molecular complexity index is 4100. The van der Waals surface area contributed by atoms with E-state index in [4.69, 9.17) is 28.4 Å². The Kier molecular flexibility index (Phi) is 13.4. The Hall–Kier alpha value is -9.90. The fourth-order valence-corrected chi connectivity index (χ4v) is 12.8. The van der Waals surface area contributed by atoms with Crippen molar-refractivity contribution in [1.29, 1.82) is 0 Å². The summed E-state index contributed by atoms with van der Waals surface area (Å²) in [6, 6.07) is 72.3. The quantitative estimate of drug-likeness (QED) is 0.155. The minimum Gasteiger partial charge on any atom is -0.357 e. The molecule has 19 rings (SSSR count). The molecular formula is C78H54O6. The Balaban J connectivity index is 1.04. The Morgan fingerprint density at radius 2 is 0.333 bits per heavy atom. The summed E-state index contributed by atoms with van der Waals surface area (Å²) in [6.07, 6.45) is 0. The second-order valence-electron chi connectivity index (χ2n) is 20.8. The van der Waals surface area contributed by atoms with Crippen molar-refractivity contribution >= 4 is 0 Å². The van der Waals surface area contributed by atoms with E-state index in [0.29, 0.717) is 11.1 Å². The molecule has 0 heterocycles. The molecule has 402 valence electrons. The molecule has 0 unspecified atom stereocenters. The molecule has 10 aliphatic carbocycles. The predicted molar refractivity (Wildman–Crippen MR) is 326 cm³/mol. The van der Waals surface area contributed by atoms with Crippen LogP contribution in [0.1, 0.15) is 100 Å². The summed E-state index contributed by atoms with van der Waals surface area (Å²) in [4.78, 5) is 0. The standard InChI is InChI=1S/C78H54O6/c1-79-73-49-43-55-35-39-57(40-36-55)45-51-75(81-3)65-27-13-17-31-69(65)77(83-5,70-32-18-14-28-66(70)75)53-47-59-21-7-8-22-60(59)48-54-78(84-6)71-33-19-15-29-67(71)76(82-4,68-30-16-20-34-72(68)78)52-46-58-41-37-56(38-42-58)44-50-74(80-2,63-25-11-9-23-61(63)73)64-26-12-10-24-62(64)73/h7-42H,1-6H3. The Labute approximate surface area is 491 Å². The van der Waals surface area contributed by atoms with Crippen molar-refractivity contribution in [3.63, 3.8) is 0 Å². The molecule has 10 aliphatic rings. The van der Waals surface area contributed by atoms with Crippen molar-refractivity contribution in [2.75, 3.05) is 42.7 Å². The highest BCUT2D eigenvalue weighted by Gasteiger charge is 2.53. The third-order valence-electron chi connectivity index (χ3n) is 16.9. The van der Waals surface area contributed by atoms with Crippen LogP contribution < -0.4 is 0 Å². The van der Waals surface area contributed by atoms with Crippen molar-refractivity contribution in [1.82, 2.24) is 0 Å². The predicted octanol–water partition coefficient (Wildman–Crippen LogP) is 12.6. The van der Waals surface area contributed by atoms with Gasteiger partial charge in [0.25, 0.3) is 0 Å². The van der Waals surface area contributed by atoms with Gasteiger partial charge in [-0.25, -0.2) is 0 Å². The van der Waals surface area contributed by atoms with Crippen LogP contribution in [0, 0.1) is 71.0 Å². The van der Waals surface area contributed by atoms with Gasteiger partial charge in [-0.1, -0.05) is 229 Å². The zero-order valence-electron chi connectivity index (χ0n) is 47.2. The molecule has 0 atom stereocenters. The number of benzene rings is 9. The molecule has 0 spiro atoms. The molecule has 0 saturated carbocycles. The minimum absolute atomic E-state index is 0.709. The second-order valence-corrected chi connectivity index (χ2v) is 20.8. The lowest BCUT2D eigenvalue weighted by molar-refractivity contribution is 0.0329. The molecule has 0 fully saturated rings. The van der Waals surface area contributed by atoms with Gasteiger partial charge in [-0.3, -0.25) is 0 Å². The molecule has 0 N–H and O–H groups in total. The third kappa shape index (κ3) is 8.03. The van der Waals surface area contributed by atoms with E-state index in [1.54, 1.807) is 42.7 Å². The highest BCUT2D eigenvalue weighted by atomic mass is 16.5. The van der Waals surface area contributed by atoms with E-state index >= 15 is 0 Å². The molecule has 6 nitrogen and oxygen atoms in total. The Morgan fingerprint density at radius 1 is 0.190 bits per heavy atom. The number of rotatable bonds is 6. The molecule has 0 aliphatic heterocycles. The van der Waals surface area contributed by atoms with Crippen molar-refractivity contribution in [3.8, 4) is 71.0 Å². The number of fused-ring (bicyclic) bond motifs is 1. The molecule has 10 bridgehead atoms. The van der Waals surface area contributed by atoms with Crippen molar-refractivity contribution < 1.29 is 28.4 Å². The fraction of sp³-hybridized carbons (Fsp3) is 0.154. The van der Waals surface area contributed by atoms with Gasteiger partial charge in [0, 0.05) is 143 Å². The van der Waals surface area contributed by atoms with Crippen LogP contribution in [0.15, 0.2) is 218 Å². The smallest absolute Gasteiger partial charge is 0.180 e. The summed E-state index contributed by atoms with van der Waals surface area (Å²) in [5.74, 6) is 42.9. The molecule has 6 heteroatoms. The lowest BCUT2D eigenvalue weighted by Gasteiger charge is -2.43. The van der Waals surface area contributed by atoms with E-state index in [-0.39, 0.29) is 0 Å². The maximum atomic E-state index is 6.71. The summed E-state index contributed by atoms with van der Waals surface area (Å²) in [5, 5.41) is 0. The lowest BCUT2D eigenvalue weighted by Crippen LogP contribution is -2.43. The highest BCUT2D eigenvalue weighted by Crippen LogP contribution is 2.54. The average molecular weight is 1090 g/mol. The van der Waals surface area contributed by atoms with Crippen LogP contribution in [0.3, 0.4) is 0 Å². The molecule has 0 aromatic heterocycles. The topological polar surface area (TPSA) is 55.4 Å². The van der Waals surface area contributed by atoms with Crippen LogP contribution in [0.2, 0.25) is 0 Å². The molecular weight excluding hydrogens is 1030 g/mol. The van der Waals surface area contributed by atoms with Crippen LogP contribution in [0.5, 0.6) is 0 Å². The number of hydrogen-bond donors (Lipinski definition) is 0. The lowest BCUT2D eigenvalue weighted by atomic mass is 9.67. The summed E-state index contributed by atoms with van der Waals surface area (Å²) in [7, 11) is 10.2. The SMILES string of the molecule is COC12C#Cc3ccc(cc3)C#CC3(OC)c4ccccc4C(OC)(C#Cc4ccccc4C#CC4(OC)c5ccccc5C(OC)(C#Cc5ccc(cc5)C#CC(OC)(c5ccccc51)c1ccccc12)c1ccccc14)c1ccccc13. The van der Waals surface area contributed by atoms with Gasteiger partial charge in [-0.05, 0) is 60.7 Å². The molecule has 9 aromatic rings. The van der Waals surface area contributed by atoms with Gasteiger partial charge in [0.2, 0.25) is 0 Å². The molecule has 0 radical (unpaired) electrons. The van der Waals surface area contributed by atoms with Crippen molar-refractivity contribution in [2.45, 2.75) is 33.6 Å². The van der Waals surface area contributed by atoms with Crippen LogP contribution >= 0.6 is 0 Å². The van der Waals surface area contributed by atoms with Gasteiger partial charge in [-0.2, -0.15) is 0 Å². The van der Waals surface area contributed by atoms with Crippen LogP contribution in [0.4, 0.5) is 0 Å². The Morgan fingerprint density at radius 3 is 0.488 bits per heavy atom. The van der Waals surface area contributed by atoms with Crippen molar-refractivity contribution in [2.24, 2.45) is 0 Å². The van der Waals surface area contributed by atoms with Gasteiger partial charge < -0.3 is 28.4 Å². The minimum atomic E-state index is -1.24. The summed E-state index contributed by atoms with van der Waals surface area (Å²) in [6.45, 7) is 0.